The van der Waals surface area contributed by atoms with Gasteiger partial charge in [-0.15, -0.1) is 11.3 Å². The fraction of sp³-hybridized carbons (Fsp3) is 0.545. The van der Waals surface area contributed by atoms with Crippen molar-refractivity contribution in [3.05, 3.63) is 21.3 Å². The van der Waals surface area contributed by atoms with Crippen molar-refractivity contribution in [2.75, 3.05) is 13.6 Å². The molecule has 5 heteroatoms. The molecular formula is C11H17ClN2OS. The molecule has 1 atom stereocenters. The van der Waals surface area contributed by atoms with Gasteiger partial charge in [0.2, 0.25) is 5.91 Å². The van der Waals surface area contributed by atoms with Crippen LogP contribution in [0.3, 0.4) is 0 Å². The third-order valence-electron chi connectivity index (χ3n) is 2.33. The summed E-state index contributed by atoms with van der Waals surface area (Å²) in [7, 11) is 1.88. The van der Waals surface area contributed by atoms with Crippen LogP contribution in [0, 0.1) is 0 Å². The van der Waals surface area contributed by atoms with Crippen molar-refractivity contribution in [3.8, 4) is 0 Å². The smallest absolute Gasteiger partial charge is 0.220 e. The van der Waals surface area contributed by atoms with Crippen LogP contribution in [-0.2, 0) is 11.2 Å². The van der Waals surface area contributed by atoms with Gasteiger partial charge in [-0.1, -0.05) is 11.6 Å². The Balaban J connectivity index is 2.20. The molecule has 0 spiro atoms. The van der Waals surface area contributed by atoms with Gasteiger partial charge in [0.25, 0.3) is 0 Å². The monoisotopic (exact) mass is 260 g/mol. The number of thiophene rings is 1. The van der Waals surface area contributed by atoms with Crippen LogP contribution in [0.1, 0.15) is 18.2 Å². The second kappa shape index (κ2) is 6.89. The summed E-state index contributed by atoms with van der Waals surface area (Å²) in [5, 5.41) is 5.95. The molecule has 0 aromatic carbocycles. The van der Waals surface area contributed by atoms with Crippen LogP contribution in [-0.4, -0.2) is 25.5 Å². The van der Waals surface area contributed by atoms with Crippen molar-refractivity contribution in [1.82, 2.24) is 10.6 Å². The fourth-order valence-electron chi connectivity index (χ4n) is 1.18. The van der Waals surface area contributed by atoms with E-state index in [0.717, 1.165) is 15.6 Å². The van der Waals surface area contributed by atoms with Crippen molar-refractivity contribution >= 4 is 28.8 Å². The molecule has 0 fully saturated rings. The quantitative estimate of drug-likeness (QED) is 0.822. The molecule has 0 saturated carbocycles. The molecule has 16 heavy (non-hydrogen) atoms. The predicted molar refractivity (Wildman–Crippen MR) is 69.2 cm³/mol. The molecule has 3 nitrogen and oxygen atoms in total. The van der Waals surface area contributed by atoms with Gasteiger partial charge in [0, 0.05) is 23.9 Å². The van der Waals surface area contributed by atoms with Crippen molar-refractivity contribution in [1.29, 1.82) is 0 Å². The Morgan fingerprint density at radius 1 is 1.56 bits per heavy atom. The minimum Gasteiger partial charge on any atom is -0.355 e. The average Bonchev–Trinajstić information content (AvgIpc) is 2.69. The molecule has 1 aromatic rings. The minimum absolute atomic E-state index is 0.0895. The number of halogens is 1. The molecule has 0 aliphatic rings. The second-order valence-electron chi connectivity index (χ2n) is 3.70. The number of aryl methyl sites for hydroxylation is 1. The Kier molecular flexibility index (Phi) is 5.80. The van der Waals surface area contributed by atoms with Crippen molar-refractivity contribution < 1.29 is 4.79 Å². The zero-order valence-electron chi connectivity index (χ0n) is 9.55. The molecule has 1 aromatic heterocycles. The maximum absolute atomic E-state index is 11.5. The van der Waals surface area contributed by atoms with E-state index < -0.39 is 0 Å². The van der Waals surface area contributed by atoms with Crippen LogP contribution in [0.4, 0.5) is 0 Å². The Bertz CT molecular complexity index is 340. The highest BCUT2D eigenvalue weighted by atomic mass is 35.5. The number of amides is 1. The Morgan fingerprint density at radius 2 is 2.31 bits per heavy atom. The first-order valence-corrected chi connectivity index (χ1v) is 6.49. The zero-order chi connectivity index (χ0) is 12.0. The lowest BCUT2D eigenvalue weighted by molar-refractivity contribution is -0.121. The summed E-state index contributed by atoms with van der Waals surface area (Å²) in [4.78, 5) is 12.6. The van der Waals surface area contributed by atoms with Gasteiger partial charge in [-0.3, -0.25) is 4.79 Å². The number of carbonyl (C=O) groups is 1. The third-order valence-corrected chi connectivity index (χ3v) is 3.62. The van der Waals surface area contributed by atoms with Crippen LogP contribution in [0.5, 0.6) is 0 Å². The molecule has 2 N–H and O–H groups in total. The van der Waals surface area contributed by atoms with Crippen LogP contribution in [0.15, 0.2) is 12.1 Å². The predicted octanol–water partition coefficient (Wildman–Crippen LogP) is 2.06. The molecule has 1 heterocycles. The molecular weight excluding hydrogens is 244 g/mol. The maximum atomic E-state index is 11.5. The SMILES string of the molecule is CNC(C)CNC(=O)CCc1ccc(Cl)s1. The fourth-order valence-corrected chi connectivity index (χ4v) is 2.27. The maximum Gasteiger partial charge on any atom is 0.220 e. The second-order valence-corrected chi connectivity index (χ2v) is 5.50. The van der Waals surface area contributed by atoms with Gasteiger partial charge < -0.3 is 10.6 Å². The first kappa shape index (κ1) is 13.5. The standard InChI is InChI=1S/C11H17ClN2OS/c1-8(13-2)7-14-11(15)6-4-9-3-5-10(12)16-9/h3,5,8,13H,4,6-7H2,1-2H3,(H,14,15). The lowest BCUT2D eigenvalue weighted by Crippen LogP contribution is -2.37. The molecule has 0 aliphatic carbocycles. The third kappa shape index (κ3) is 4.96. The van der Waals surface area contributed by atoms with Gasteiger partial charge in [-0.2, -0.15) is 0 Å². The first-order chi connectivity index (χ1) is 7.61. The summed E-state index contributed by atoms with van der Waals surface area (Å²) in [6, 6.07) is 4.14. The van der Waals surface area contributed by atoms with Crippen LogP contribution < -0.4 is 10.6 Å². The highest BCUT2D eigenvalue weighted by Crippen LogP contribution is 2.22. The van der Waals surface area contributed by atoms with Gasteiger partial charge >= 0.3 is 0 Å². The number of rotatable bonds is 6. The van der Waals surface area contributed by atoms with E-state index in [0.29, 0.717) is 19.0 Å². The minimum atomic E-state index is 0.0895. The topological polar surface area (TPSA) is 41.1 Å². The van der Waals surface area contributed by atoms with E-state index in [9.17, 15) is 4.79 Å². The molecule has 0 bridgehead atoms. The van der Waals surface area contributed by atoms with E-state index in [1.165, 1.54) is 11.3 Å². The molecule has 1 amide bonds. The van der Waals surface area contributed by atoms with E-state index in [2.05, 4.69) is 10.6 Å². The number of likely N-dealkylation sites (N-methyl/N-ethyl adjacent to an activating group) is 1. The van der Waals surface area contributed by atoms with Crippen molar-refractivity contribution in [3.63, 3.8) is 0 Å². The van der Waals surface area contributed by atoms with Gasteiger partial charge in [0.15, 0.2) is 0 Å². The van der Waals surface area contributed by atoms with Crippen LogP contribution >= 0.6 is 22.9 Å². The zero-order valence-corrected chi connectivity index (χ0v) is 11.1. The Morgan fingerprint density at radius 3 is 2.88 bits per heavy atom. The molecule has 1 rings (SSSR count). The largest absolute Gasteiger partial charge is 0.355 e. The summed E-state index contributed by atoms with van der Waals surface area (Å²) in [6.07, 6.45) is 1.28. The lowest BCUT2D eigenvalue weighted by Gasteiger charge is -2.10. The molecule has 0 radical (unpaired) electrons. The normalized spacial score (nSPS) is 12.4. The van der Waals surface area contributed by atoms with E-state index >= 15 is 0 Å². The molecule has 90 valence electrons. The number of carbonyl (C=O) groups excluding carboxylic acids is 1. The summed E-state index contributed by atoms with van der Waals surface area (Å²) in [5.41, 5.74) is 0. The van der Waals surface area contributed by atoms with Crippen molar-refractivity contribution in [2.24, 2.45) is 0 Å². The summed E-state index contributed by atoms with van der Waals surface area (Å²) < 4.78 is 0.777. The number of hydrogen-bond acceptors (Lipinski definition) is 3. The van der Waals surface area contributed by atoms with Gasteiger partial charge in [0.05, 0.1) is 4.34 Å². The highest BCUT2D eigenvalue weighted by Gasteiger charge is 2.05. The van der Waals surface area contributed by atoms with Gasteiger partial charge in [0.1, 0.15) is 0 Å². The van der Waals surface area contributed by atoms with E-state index in [1.807, 2.05) is 26.1 Å². The van der Waals surface area contributed by atoms with Gasteiger partial charge in [-0.05, 0) is 32.5 Å². The molecule has 1 unspecified atom stereocenters. The number of nitrogens with one attached hydrogen (secondary N) is 2. The molecule has 0 saturated heterocycles. The van der Waals surface area contributed by atoms with E-state index in [4.69, 9.17) is 11.6 Å². The number of hydrogen-bond donors (Lipinski definition) is 2. The van der Waals surface area contributed by atoms with E-state index in [1.54, 1.807) is 0 Å². The van der Waals surface area contributed by atoms with Crippen LogP contribution in [0.25, 0.3) is 0 Å². The molecule has 0 aliphatic heterocycles. The lowest BCUT2D eigenvalue weighted by atomic mass is 10.2. The first-order valence-electron chi connectivity index (χ1n) is 5.30. The summed E-state index contributed by atoms with van der Waals surface area (Å²) in [5.74, 6) is 0.0895. The average molecular weight is 261 g/mol. The van der Waals surface area contributed by atoms with E-state index in [-0.39, 0.29) is 5.91 Å². The van der Waals surface area contributed by atoms with Crippen molar-refractivity contribution in [2.45, 2.75) is 25.8 Å². The van der Waals surface area contributed by atoms with Crippen LogP contribution in [0.2, 0.25) is 4.34 Å². The summed E-state index contributed by atoms with van der Waals surface area (Å²) >= 11 is 7.34. The summed E-state index contributed by atoms with van der Waals surface area (Å²) in [6.45, 7) is 2.69. The van der Waals surface area contributed by atoms with Gasteiger partial charge in [-0.25, -0.2) is 0 Å². The Hall–Kier alpha value is -0.580. The Labute approximate surface area is 105 Å². The highest BCUT2D eigenvalue weighted by molar-refractivity contribution is 7.16.